The molecule has 1 heterocycles. The zero-order chi connectivity index (χ0) is 9.97. The second-order valence-electron chi connectivity index (χ2n) is 2.92. The molecule has 0 spiro atoms. The van der Waals surface area contributed by atoms with Crippen LogP contribution < -0.4 is 0 Å². The zero-order valence-electron chi connectivity index (χ0n) is 7.71. The predicted octanol–water partition coefficient (Wildman–Crippen LogP) is 4.00. The van der Waals surface area contributed by atoms with Crippen molar-refractivity contribution >= 4 is 39.9 Å². The van der Waals surface area contributed by atoms with Crippen molar-refractivity contribution in [2.75, 3.05) is 0 Å². The van der Waals surface area contributed by atoms with Crippen molar-refractivity contribution < 1.29 is 0 Å². The van der Waals surface area contributed by atoms with E-state index in [1.54, 1.807) is 0 Å². The Hall–Kier alpha value is -0.510. The number of hydrogen-bond donors (Lipinski definition) is 1. The molecule has 1 aromatic heterocycles. The summed E-state index contributed by atoms with van der Waals surface area (Å²) in [6, 6.07) is 9.96. The number of benzene rings is 1. The highest BCUT2D eigenvalue weighted by Gasteiger charge is 2.02. The summed E-state index contributed by atoms with van der Waals surface area (Å²) in [6.07, 6.45) is 0. The number of aromatic nitrogens is 2. The second-order valence-corrected chi connectivity index (χ2v) is 4.10. The van der Waals surface area contributed by atoms with Crippen LogP contribution in [0.15, 0.2) is 34.8 Å². The van der Waals surface area contributed by atoms with Gasteiger partial charge in [0.15, 0.2) is 0 Å². The molecule has 0 aliphatic heterocycles. The lowest BCUT2D eigenvalue weighted by Gasteiger charge is -1.95. The molecule has 5 heteroatoms. The topological polar surface area (TPSA) is 28.7 Å². The molecule has 0 bridgehead atoms. The van der Waals surface area contributed by atoms with Crippen LogP contribution in [0.3, 0.4) is 0 Å². The molecule has 0 aliphatic carbocycles. The standard InChI is InChI=1S/C10H8BrClN2.ClH/c11-8-3-1-7(2-4-8)10-5-9(6-12)13-14-10;/h1-5H,6H2,(H,13,14);1H. The van der Waals surface area contributed by atoms with Gasteiger partial charge in [-0.3, -0.25) is 5.10 Å². The van der Waals surface area contributed by atoms with Crippen LogP contribution >= 0.6 is 39.9 Å². The largest absolute Gasteiger partial charge is 0.281 e. The van der Waals surface area contributed by atoms with Crippen LogP contribution in [0, 0.1) is 0 Å². The minimum Gasteiger partial charge on any atom is -0.281 e. The summed E-state index contributed by atoms with van der Waals surface area (Å²) in [5.41, 5.74) is 2.94. The third-order valence-corrected chi connectivity index (χ3v) is 2.73. The van der Waals surface area contributed by atoms with E-state index in [-0.39, 0.29) is 12.4 Å². The van der Waals surface area contributed by atoms with Crippen molar-refractivity contribution in [3.63, 3.8) is 0 Å². The normalized spacial score (nSPS) is 9.73. The van der Waals surface area contributed by atoms with Gasteiger partial charge in [-0.2, -0.15) is 5.10 Å². The summed E-state index contributed by atoms with van der Waals surface area (Å²) in [7, 11) is 0. The summed E-state index contributed by atoms with van der Waals surface area (Å²) >= 11 is 9.06. The molecule has 0 atom stereocenters. The van der Waals surface area contributed by atoms with E-state index in [4.69, 9.17) is 11.6 Å². The second kappa shape index (κ2) is 5.54. The molecule has 0 fully saturated rings. The van der Waals surface area contributed by atoms with Gasteiger partial charge in [-0.25, -0.2) is 0 Å². The van der Waals surface area contributed by atoms with Gasteiger partial charge in [-0.15, -0.1) is 24.0 Å². The number of aromatic amines is 1. The fourth-order valence-corrected chi connectivity index (χ4v) is 1.60. The molecule has 0 unspecified atom stereocenters. The molecule has 2 aromatic rings. The molecule has 80 valence electrons. The number of halogens is 3. The summed E-state index contributed by atoms with van der Waals surface area (Å²) in [5.74, 6) is 0.462. The van der Waals surface area contributed by atoms with Gasteiger partial charge < -0.3 is 0 Å². The molecule has 1 aromatic carbocycles. The third-order valence-electron chi connectivity index (χ3n) is 1.91. The Balaban J connectivity index is 0.00000112. The summed E-state index contributed by atoms with van der Waals surface area (Å²) in [4.78, 5) is 0. The van der Waals surface area contributed by atoms with Crippen LogP contribution in [0.4, 0.5) is 0 Å². The lowest BCUT2D eigenvalue weighted by atomic mass is 10.1. The summed E-state index contributed by atoms with van der Waals surface area (Å²) in [6.45, 7) is 0. The van der Waals surface area contributed by atoms with Crippen LogP contribution in [0.25, 0.3) is 11.3 Å². The molecular formula is C10H9BrCl2N2. The molecule has 0 radical (unpaired) electrons. The van der Waals surface area contributed by atoms with Crippen molar-refractivity contribution in [3.8, 4) is 11.3 Å². The van der Waals surface area contributed by atoms with E-state index in [1.165, 1.54) is 0 Å². The smallest absolute Gasteiger partial charge is 0.0923 e. The van der Waals surface area contributed by atoms with E-state index < -0.39 is 0 Å². The Morgan fingerprint density at radius 2 is 1.93 bits per heavy atom. The summed E-state index contributed by atoms with van der Waals surface area (Å²) in [5, 5.41) is 7.04. The van der Waals surface area contributed by atoms with Gasteiger partial charge in [-0.1, -0.05) is 28.1 Å². The number of rotatable bonds is 2. The van der Waals surface area contributed by atoms with Gasteiger partial charge in [0.25, 0.3) is 0 Å². The van der Waals surface area contributed by atoms with E-state index in [2.05, 4.69) is 26.1 Å². The minimum absolute atomic E-state index is 0. The SMILES string of the molecule is Cl.ClCc1cc(-c2ccc(Br)cc2)n[nH]1. The molecule has 1 N–H and O–H groups in total. The van der Waals surface area contributed by atoms with Gasteiger partial charge in [-0.05, 0) is 18.2 Å². The van der Waals surface area contributed by atoms with Crippen molar-refractivity contribution in [1.82, 2.24) is 10.2 Å². The maximum Gasteiger partial charge on any atom is 0.0923 e. The Labute approximate surface area is 108 Å². The highest BCUT2D eigenvalue weighted by atomic mass is 79.9. The van der Waals surface area contributed by atoms with E-state index >= 15 is 0 Å². The molecular weight excluding hydrogens is 299 g/mol. The van der Waals surface area contributed by atoms with Gasteiger partial charge in [0, 0.05) is 10.0 Å². The Bertz CT molecular complexity index is 425. The minimum atomic E-state index is 0. The van der Waals surface area contributed by atoms with Gasteiger partial charge in [0.2, 0.25) is 0 Å². The average molecular weight is 308 g/mol. The van der Waals surface area contributed by atoms with Crippen LogP contribution in [0.5, 0.6) is 0 Å². The van der Waals surface area contributed by atoms with Crippen LogP contribution in [-0.2, 0) is 5.88 Å². The monoisotopic (exact) mass is 306 g/mol. The molecule has 0 saturated heterocycles. The van der Waals surface area contributed by atoms with Crippen LogP contribution in [0.1, 0.15) is 5.69 Å². The zero-order valence-corrected chi connectivity index (χ0v) is 10.9. The van der Waals surface area contributed by atoms with Crippen molar-refractivity contribution in [3.05, 3.63) is 40.5 Å². The van der Waals surface area contributed by atoms with E-state index in [1.807, 2.05) is 30.3 Å². The number of nitrogens with zero attached hydrogens (tertiary/aromatic N) is 1. The Morgan fingerprint density at radius 3 is 2.47 bits per heavy atom. The highest BCUT2D eigenvalue weighted by molar-refractivity contribution is 9.10. The van der Waals surface area contributed by atoms with E-state index in [9.17, 15) is 0 Å². The predicted molar refractivity (Wildman–Crippen MR) is 68.5 cm³/mol. The average Bonchev–Trinajstić information content (AvgIpc) is 2.67. The number of hydrogen-bond acceptors (Lipinski definition) is 1. The maximum atomic E-state index is 5.67. The Morgan fingerprint density at radius 1 is 1.27 bits per heavy atom. The molecule has 2 rings (SSSR count). The lowest BCUT2D eigenvalue weighted by molar-refractivity contribution is 1.04. The van der Waals surface area contributed by atoms with Gasteiger partial charge in [0.05, 0.1) is 17.3 Å². The van der Waals surface area contributed by atoms with Crippen molar-refractivity contribution in [1.29, 1.82) is 0 Å². The van der Waals surface area contributed by atoms with Crippen LogP contribution in [-0.4, -0.2) is 10.2 Å². The third kappa shape index (κ3) is 2.97. The highest BCUT2D eigenvalue weighted by Crippen LogP contribution is 2.20. The van der Waals surface area contributed by atoms with Gasteiger partial charge >= 0.3 is 0 Å². The first kappa shape index (κ1) is 12.6. The Kier molecular flexibility index (Phi) is 4.64. The first-order chi connectivity index (χ1) is 6.79. The van der Waals surface area contributed by atoms with Crippen molar-refractivity contribution in [2.24, 2.45) is 0 Å². The number of alkyl halides is 1. The van der Waals surface area contributed by atoms with E-state index in [0.29, 0.717) is 5.88 Å². The quantitative estimate of drug-likeness (QED) is 0.835. The van der Waals surface area contributed by atoms with E-state index in [0.717, 1.165) is 21.4 Å². The maximum absolute atomic E-state index is 5.67. The van der Waals surface area contributed by atoms with Crippen molar-refractivity contribution in [2.45, 2.75) is 5.88 Å². The van der Waals surface area contributed by atoms with Gasteiger partial charge in [0.1, 0.15) is 0 Å². The molecule has 0 amide bonds. The fourth-order valence-electron chi connectivity index (χ4n) is 1.20. The molecule has 0 aliphatic rings. The molecule has 0 saturated carbocycles. The van der Waals surface area contributed by atoms with Crippen LogP contribution in [0.2, 0.25) is 0 Å². The fraction of sp³-hybridized carbons (Fsp3) is 0.100. The summed E-state index contributed by atoms with van der Waals surface area (Å²) < 4.78 is 1.06. The first-order valence-corrected chi connectivity index (χ1v) is 5.48. The lowest BCUT2D eigenvalue weighted by Crippen LogP contribution is -1.76. The number of H-pyrrole nitrogens is 1. The molecule has 15 heavy (non-hydrogen) atoms. The first-order valence-electron chi connectivity index (χ1n) is 4.16. The molecule has 2 nitrogen and oxygen atoms in total. The number of nitrogens with one attached hydrogen (secondary N) is 1.